The summed E-state index contributed by atoms with van der Waals surface area (Å²) in [4.78, 5) is 16.3. The molecular weight excluding hydrogens is 284 g/mol. The van der Waals surface area contributed by atoms with Gasteiger partial charge in [0.2, 0.25) is 5.91 Å². The van der Waals surface area contributed by atoms with Gasteiger partial charge >= 0.3 is 0 Å². The van der Waals surface area contributed by atoms with Crippen LogP contribution < -0.4 is 5.32 Å². The van der Waals surface area contributed by atoms with Crippen LogP contribution in [0.3, 0.4) is 0 Å². The number of carbonyl (C=O) groups excluding carboxylic acids is 1. The molecule has 0 aliphatic carbocycles. The Bertz CT molecular complexity index is 824. The van der Waals surface area contributed by atoms with Crippen LogP contribution in [0.2, 0.25) is 0 Å². The van der Waals surface area contributed by atoms with E-state index in [4.69, 9.17) is 0 Å². The summed E-state index contributed by atoms with van der Waals surface area (Å²) >= 11 is 1.60. The van der Waals surface area contributed by atoms with Crippen LogP contribution in [-0.2, 0) is 4.79 Å². The normalized spacial score (nSPS) is 18.1. The standard InChI is InChI=1S/C15H12N4OS/c20-12-8-21-14(11-7-17-19-15(11)18-12)10-5-1-3-9-4-2-6-16-13(9)10/h1-7,14H,8H2,(H2,17,18,19,20). The number of amides is 1. The second kappa shape index (κ2) is 4.89. The molecule has 104 valence electrons. The first kappa shape index (κ1) is 12.4. The number of benzene rings is 1. The Balaban J connectivity index is 1.91. The molecule has 5 nitrogen and oxygen atoms in total. The second-order valence-electron chi connectivity index (χ2n) is 4.86. The zero-order chi connectivity index (χ0) is 14.2. The maximum absolute atomic E-state index is 11.8. The number of hydrogen-bond donors (Lipinski definition) is 2. The molecule has 0 radical (unpaired) electrons. The summed E-state index contributed by atoms with van der Waals surface area (Å²) in [6, 6.07) is 10.1. The van der Waals surface area contributed by atoms with E-state index in [1.54, 1.807) is 24.2 Å². The Morgan fingerprint density at radius 3 is 3.05 bits per heavy atom. The van der Waals surface area contributed by atoms with Gasteiger partial charge in [-0.25, -0.2) is 0 Å². The highest BCUT2D eigenvalue weighted by Gasteiger charge is 2.27. The lowest BCUT2D eigenvalue weighted by Crippen LogP contribution is -2.12. The fourth-order valence-corrected chi connectivity index (χ4v) is 3.73. The van der Waals surface area contributed by atoms with Crippen LogP contribution in [0.25, 0.3) is 10.9 Å². The molecule has 1 amide bonds. The molecule has 4 rings (SSSR count). The molecule has 2 aromatic heterocycles. The van der Waals surface area contributed by atoms with Crippen molar-refractivity contribution in [2.45, 2.75) is 5.25 Å². The minimum Gasteiger partial charge on any atom is -0.310 e. The molecule has 1 unspecified atom stereocenters. The fraction of sp³-hybridized carbons (Fsp3) is 0.133. The first-order valence-corrected chi connectivity index (χ1v) is 7.66. The number of H-pyrrole nitrogens is 1. The molecule has 2 N–H and O–H groups in total. The number of aromatic nitrogens is 3. The molecule has 21 heavy (non-hydrogen) atoms. The van der Waals surface area contributed by atoms with Gasteiger partial charge < -0.3 is 5.32 Å². The van der Waals surface area contributed by atoms with E-state index in [0.717, 1.165) is 22.0 Å². The van der Waals surface area contributed by atoms with Gasteiger partial charge in [-0.05, 0) is 11.6 Å². The van der Waals surface area contributed by atoms with Gasteiger partial charge in [-0.1, -0.05) is 24.3 Å². The van der Waals surface area contributed by atoms with Crippen LogP contribution in [0, 0.1) is 0 Å². The molecule has 0 fully saturated rings. The van der Waals surface area contributed by atoms with E-state index < -0.39 is 0 Å². The highest BCUT2D eigenvalue weighted by molar-refractivity contribution is 8.00. The van der Waals surface area contributed by atoms with Crippen LogP contribution in [0.4, 0.5) is 5.82 Å². The summed E-state index contributed by atoms with van der Waals surface area (Å²) in [7, 11) is 0. The van der Waals surface area contributed by atoms with E-state index in [9.17, 15) is 4.79 Å². The van der Waals surface area contributed by atoms with Crippen molar-refractivity contribution in [2.24, 2.45) is 0 Å². The molecule has 0 bridgehead atoms. The lowest BCUT2D eigenvalue weighted by atomic mass is 10.0. The Labute approximate surface area is 125 Å². The van der Waals surface area contributed by atoms with Crippen LogP contribution in [0.15, 0.2) is 42.7 Å². The third-order valence-electron chi connectivity index (χ3n) is 3.54. The summed E-state index contributed by atoms with van der Waals surface area (Å²) in [5, 5.41) is 10.9. The first-order valence-electron chi connectivity index (χ1n) is 6.61. The predicted molar refractivity (Wildman–Crippen MR) is 83.3 cm³/mol. The average molecular weight is 296 g/mol. The summed E-state index contributed by atoms with van der Waals surface area (Å²) in [6.45, 7) is 0. The lowest BCUT2D eigenvalue weighted by molar-refractivity contribution is -0.113. The van der Waals surface area contributed by atoms with Crippen molar-refractivity contribution >= 4 is 34.4 Å². The van der Waals surface area contributed by atoms with E-state index in [0.29, 0.717) is 11.6 Å². The molecule has 3 heterocycles. The lowest BCUT2D eigenvalue weighted by Gasteiger charge is -2.15. The van der Waals surface area contributed by atoms with Crippen LogP contribution in [-0.4, -0.2) is 26.8 Å². The van der Waals surface area contributed by atoms with Crippen molar-refractivity contribution in [3.05, 3.63) is 53.9 Å². The molecule has 0 saturated carbocycles. The molecular formula is C15H12N4OS. The largest absolute Gasteiger partial charge is 0.310 e. The van der Waals surface area contributed by atoms with Crippen molar-refractivity contribution in [3.8, 4) is 0 Å². The number of para-hydroxylation sites is 1. The van der Waals surface area contributed by atoms with Crippen molar-refractivity contribution < 1.29 is 4.79 Å². The van der Waals surface area contributed by atoms with Gasteiger partial charge in [-0.3, -0.25) is 14.9 Å². The molecule has 1 aliphatic heterocycles. The zero-order valence-electron chi connectivity index (χ0n) is 11.0. The highest BCUT2D eigenvalue weighted by atomic mass is 32.2. The van der Waals surface area contributed by atoms with Crippen LogP contribution in [0.5, 0.6) is 0 Å². The van der Waals surface area contributed by atoms with Gasteiger partial charge in [-0.15, -0.1) is 11.8 Å². The number of anilines is 1. The fourth-order valence-electron chi connectivity index (χ4n) is 2.62. The van der Waals surface area contributed by atoms with Gasteiger partial charge in [0.25, 0.3) is 0 Å². The van der Waals surface area contributed by atoms with E-state index in [-0.39, 0.29) is 11.2 Å². The highest BCUT2D eigenvalue weighted by Crippen LogP contribution is 2.42. The van der Waals surface area contributed by atoms with Crippen molar-refractivity contribution in [1.82, 2.24) is 15.2 Å². The monoisotopic (exact) mass is 296 g/mol. The zero-order valence-corrected chi connectivity index (χ0v) is 11.9. The predicted octanol–water partition coefficient (Wildman–Crippen LogP) is 2.73. The Hall–Kier alpha value is -2.34. The second-order valence-corrected chi connectivity index (χ2v) is 5.96. The number of pyridine rings is 1. The molecule has 0 saturated heterocycles. The van der Waals surface area contributed by atoms with E-state index in [2.05, 4.69) is 26.6 Å². The smallest absolute Gasteiger partial charge is 0.235 e. The number of nitrogens with zero attached hydrogens (tertiary/aromatic N) is 2. The van der Waals surface area contributed by atoms with Gasteiger partial charge in [0.1, 0.15) is 5.82 Å². The minimum atomic E-state index is -0.0128. The van der Waals surface area contributed by atoms with Crippen LogP contribution in [0.1, 0.15) is 16.4 Å². The quantitative estimate of drug-likeness (QED) is 0.724. The summed E-state index contributed by atoms with van der Waals surface area (Å²) in [5.41, 5.74) is 3.07. The van der Waals surface area contributed by atoms with Gasteiger partial charge in [0, 0.05) is 17.1 Å². The number of rotatable bonds is 1. The van der Waals surface area contributed by atoms with Crippen molar-refractivity contribution in [3.63, 3.8) is 0 Å². The number of thioether (sulfide) groups is 1. The third kappa shape index (κ3) is 2.08. The number of fused-ring (bicyclic) bond motifs is 2. The number of aromatic amines is 1. The molecule has 3 aromatic rings. The maximum Gasteiger partial charge on any atom is 0.235 e. The van der Waals surface area contributed by atoms with Gasteiger partial charge in [0.15, 0.2) is 0 Å². The Kier molecular flexibility index (Phi) is 2.89. The van der Waals surface area contributed by atoms with E-state index in [1.165, 1.54) is 0 Å². The average Bonchev–Trinajstić information content (AvgIpc) is 2.89. The minimum absolute atomic E-state index is 0.0128. The van der Waals surface area contributed by atoms with Crippen molar-refractivity contribution in [2.75, 3.05) is 11.1 Å². The SMILES string of the molecule is O=C1CSC(c2cccc3cccnc23)c2cn[nH]c2N1. The molecule has 6 heteroatoms. The number of carbonyl (C=O) groups is 1. The molecule has 1 aromatic carbocycles. The molecule has 1 atom stereocenters. The van der Waals surface area contributed by atoms with Crippen molar-refractivity contribution in [1.29, 1.82) is 0 Å². The van der Waals surface area contributed by atoms with E-state index >= 15 is 0 Å². The van der Waals surface area contributed by atoms with Gasteiger partial charge in [0.05, 0.1) is 22.7 Å². The maximum atomic E-state index is 11.8. The first-order chi connectivity index (χ1) is 10.3. The number of nitrogens with one attached hydrogen (secondary N) is 2. The van der Waals surface area contributed by atoms with Gasteiger partial charge in [-0.2, -0.15) is 5.10 Å². The topological polar surface area (TPSA) is 70.7 Å². The summed E-state index contributed by atoms with van der Waals surface area (Å²) < 4.78 is 0. The summed E-state index contributed by atoms with van der Waals surface area (Å²) in [6.07, 6.45) is 3.58. The third-order valence-corrected chi connectivity index (χ3v) is 4.81. The van der Waals surface area contributed by atoms with E-state index in [1.807, 2.05) is 24.3 Å². The molecule has 1 aliphatic rings. The Morgan fingerprint density at radius 2 is 2.10 bits per heavy atom. The summed E-state index contributed by atoms with van der Waals surface area (Å²) in [5.74, 6) is 1.08. The Morgan fingerprint density at radius 1 is 1.19 bits per heavy atom. The molecule has 0 spiro atoms. The number of hydrogen-bond acceptors (Lipinski definition) is 4. The van der Waals surface area contributed by atoms with Crippen LogP contribution >= 0.6 is 11.8 Å².